The van der Waals surface area contributed by atoms with E-state index >= 15 is 0 Å². The number of hydrogen-bond donors (Lipinski definition) is 4. The molecule has 0 aromatic carbocycles. The van der Waals surface area contributed by atoms with Crippen molar-refractivity contribution in [2.24, 2.45) is 0 Å². The van der Waals surface area contributed by atoms with Crippen LogP contribution in [0.2, 0.25) is 22.2 Å². The number of hydrogen-bond acceptors (Lipinski definition) is 7. The molecule has 11 heteroatoms. The number of H-pyrrole nitrogens is 1. The summed E-state index contributed by atoms with van der Waals surface area (Å²) in [4.78, 5) is 26.2. The van der Waals surface area contributed by atoms with E-state index < -0.39 is 57.3 Å². The Bertz CT molecular complexity index is 944. The van der Waals surface area contributed by atoms with Crippen LogP contribution in [0, 0.1) is 0 Å². The smallest absolute Gasteiger partial charge is 0.330 e. The minimum atomic E-state index is -3.27. The lowest BCUT2D eigenvalue weighted by atomic mass is 10.1. The van der Waals surface area contributed by atoms with E-state index in [0.29, 0.717) is 0 Å². The molecule has 2 saturated heterocycles. The standard InChI is InChI=1S/C21H38N2O7Si2/c1-11(2)31(12(3)4)19(26)17-21(28,32(30-31,13(5)6)14(7)8)16(25)18(29-17)23-10-9-15(24)22-20(23)27/h9-14,16-19,25-26,28H,1-8H3,(H,22,24,27)/t16-,17+,18+,19?,21+/m0/s1. The Hall–Kier alpha value is -1.09. The van der Waals surface area contributed by atoms with Crippen molar-refractivity contribution >= 4 is 16.6 Å². The predicted molar refractivity (Wildman–Crippen MR) is 125 cm³/mol. The van der Waals surface area contributed by atoms with Gasteiger partial charge in [0, 0.05) is 12.3 Å². The molecular weight excluding hydrogens is 448 g/mol. The van der Waals surface area contributed by atoms with E-state index in [1.54, 1.807) is 0 Å². The van der Waals surface area contributed by atoms with Crippen molar-refractivity contribution in [1.82, 2.24) is 9.55 Å². The van der Waals surface area contributed by atoms with Crippen molar-refractivity contribution in [2.45, 2.75) is 107 Å². The van der Waals surface area contributed by atoms with Crippen molar-refractivity contribution in [3.05, 3.63) is 33.1 Å². The highest BCUT2D eigenvalue weighted by molar-refractivity contribution is 6.93. The normalized spacial score (nSPS) is 34.0. The first-order valence-corrected chi connectivity index (χ1v) is 15.6. The van der Waals surface area contributed by atoms with Crippen LogP contribution >= 0.6 is 0 Å². The second-order valence-corrected chi connectivity index (χ2v) is 20.7. The number of aromatic amines is 1. The van der Waals surface area contributed by atoms with Crippen LogP contribution < -0.4 is 11.2 Å². The third-order valence-electron chi connectivity index (χ3n) is 7.81. The van der Waals surface area contributed by atoms with E-state index in [2.05, 4.69) is 4.98 Å². The lowest BCUT2D eigenvalue weighted by molar-refractivity contribution is -0.0930. The first kappa shape index (κ1) is 25.5. The van der Waals surface area contributed by atoms with Crippen molar-refractivity contribution < 1.29 is 24.2 Å². The highest BCUT2D eigenvalue weighted by atomic mass is 28.4. The Morgan fingerprint density at radius 2 is 1.53 bits per heavy atom. The lowest BCUT2D eigenvalue weighted by Gasteiger charge is -2.63. The Morgan fingerprint density at radius 1 is 1.00 bits per heavy atom. The number of nitrogens with one attached hydrogen (secondary N) is 1. The Balaban J connectivity index is 2.30. The van der Waals surface area contributed by atoms with Crippen LogP contribution in [0.3, 0.4) is 0 Å². The third kappa shape index (κ3) is 3.12. The van der Waals surface area contributed by atoms with Crippen LogP contribution in [0.5, 0.6) is 0 Å². The molecule has 0 bridgehead atoms. The zero-order valence-electron chi connectivity index (χ0n) is 20.2. The first-order chi connectivity index (χ1) is 14.7. The van der Waals surface area contributed by atoms with Crippen molar-refractivity contribution in [3.8, 4) is 0 Å². The van der Waals surface area contributed by atoms with E-state index in [-0.39, 0.29) is 22.2 Å². The average molecular weight is 487 g/mol. The highest BCUT2D eigenvalue weighted by Gasteiger charge is 2.79. The monoisotopic (exact) mass is 486 g/mol. The number of aliphatic hydroxyl groups excluding tert-OH is 2. The molecule has 0 spiro atoms. The molecule has 2 aliphatic rings. The number of nitrogens with zero attached hydrogens (tertiary/aromatic N) is 1. The molecule has 1 aromatic heterocycles. The molecule has 3 heterocycles. The second kappa shape index (κ2) is 8.29. The molecule has 9 nitrogen and oxygen atoms in total. The van der Waals surface area contributed by atoms with Crippen LogP contribution in [-0.4, -0.2) is 64.7 Å². The molecule has 5 atom stereocenters. The Morgan fingerprint density at radius 3 is 1.97 bits per heavy atom. The quantitative estimate of drug-likeness (QED) is 0.464. The molecule has 2 fully saturated rings. The SMILES string of the molecule is CC(C)[Si]1(C(C)C)O[Si](C(C)C)(C(C)C)[C@@]2(O)[C@H](O[C@@H](n3ccc(=O)[nH]c3=O)[C@@H]2O)C1O. The lowest BCUT2D eigenvalue weighted by Crippen LogP contribution is -2.84. The summed E-state index contributed by atoms with van der Waals surface area (Å²) in [6, 6.07) is 1.16. The van der Waals surface area contributed by atoms with Gasteiger partial charge in [-0.25, -0.2) is 4.79 Å². The van der Waals surface area contributed by atoms with Gasteiger partial charge in [0.05, 0.1) is 0 Å². The molecular formula is C21H38N2O7Si2. The molecule has 0 amide bonds. The van der Waals surface area contributed by atoms with E-state index in [0.717, 1.165) is 10.6 Å². The topological polar surface area (TPSA) is 134 Å². The van der Waals surface area contributed by atoms with Gasteiger partial charge in [-0.15, -0.1) is 0 Å². The van der Waals surface area contributed by atoms with Gasteiger partial charge in [-0.3, -0.25) is 14.3 Å². The van der Waals surface area contributed by atoms with Crippen molar-refractivity contribution in [3.63, 3.8) is 0 Å². The number of aromatic nitrogens is 2. The fourth-order valence-electron chi connectivity index (χ4n) is 6.41. The fourth-order valence-corrected chi connectivity index (χ4v) is 21.8. The maximum absolute atomic E-state index is 12.5. The highest BCUT2D eigenvalue weighted by Crippen LogP contribution is 2.59. The molecule has 4 N–H and O–H groups in total. The van der Waals surface area contributed by atoms with Crippen LogP contribution in [0.15, 0.2) is 21.9 Å². The zero-order valence-corrected chi connectivity index (χ0v) is 22.2. The van der Waals surface area contributed by atoms with Gasteiger partial charge in [-0.05, 0) is 22.2 Å². The number of fused-ring (bicyclic) bond motifs is 1. The third-order valence-corrected chi connectivity index (χ3v) is 20.7. The minimum Gasteiger partial charge on any atom is -0.451 e. The summed E-state index contributed by atoms with van der Waals surface area (Å²) < 4.78 is 14.4. The first-order valence-electron chi connectivity index (χ1n) is 11.4. The van der Waals surface area contributed by atoms with Crippen LogP contribution in [0.25, 0.3) is 0 Å². The van der Waals surface area contributed by atoms with Crippen LogP contribution in [-0.2, 0) is 8.85 Å². The van der Waals surface area contributed by atoms with E-state index in [4.69, 9.17) is 8.85 Å². The summed E-state index contributed by atoms with van der Waals surface area (Å²) in [5, 5.41) is 33.7. The number of rotatable bonds is 5. The molecule has 0 aliphatic carbocycles. The summed E-state index contributed by atoms with van der Waals surface area (Å²) in [5.41, 5.74) is -2.57. The van der Waals surface area contributed by atoms with Crippen molar-refractivity contribution in [1.29, 1.82) is 0 Å². The predicted octanol–water partition coefficient (Wildman–Crippen LogP) is 1.53. The van der Waals surface area contributed by atoms with Gasteiger partial charge in [0.2, 0.25) is 16.6 Å². The van der Waals surface area contributed by atoms with Gasteiger partial charge < -0.3 is 24.2 Å². The van der Waals surface area contributed by atoms with Crippen LogP contribution in [0.1, 0.15) is 61.6 Å². The summed E-state index contributed by atoms with van der Waals surface area (Å²) in [6.07, 6.45) is -2.65. The number of ether oxygens (including phenoxy) is 1. The fraction of sp³-hybridized carbons (Fsp3) is 0.810. The van der Waals surface area contributed by atoms with Gasteiger partial charge in [0.1, 0.15) is 23.2 Å². The van der Waals surface area contributed by atoms with Gasteiger partial charge in [-0.1, -0.05) is 55.4 Å². The molecule has 2 aliphatic heterocycles. The zero-order chi connectivity index (χ0) is 24.4. The van der Waals surface area contributed by atoms with E-state index in [1.807, 2.05) is 55.4 Å². The summed E-state index contributed by atoms with van der Waals surface area (Å²) in [5.74, 6) is 0. The molecule has 32 heavy (non-hydrogen) atoms. The molecule has 182 valence electrons. The van der Waals surface area contributed by atoms with Crippen molar-refractivity contribution in [2.75, 3.05) is 0 Å². The van der Waals surface area contributed by atoms with Gasteiger partial charge >= 0.3 is 5.69 Å². The summed E-state index contributed by atoms with van der Waals surface area (Å²) >= 11 is 0. The summed E-state index contributed by atoms with van der Waals surface area (Å²) in [6.45, 7) is 16.1. The van der Waals surface area contributed by atoms with E-state index in [1.165, 1.54) is 6.20 Å². The largest absolute Gasteiger partial charge is 0.451 e. The van der Waals surface area contributed by atoms with Gasteiger partial charge in [0.25, 0.3) is 5.56 Å². The molecule has 1 aromatic rings. The Labute approximate surface area is 190 Å². The maximum atomic E-state index is 12.5. The summed E-state index contributed by atoms with van der Waals surface area (Å²) in [7, 11) is -6.21. The minimum absolute atomic E-state index is 0.0296. The van der Waals surface area contributed by atoms with Gasteiger partial charge in [-0.2, -0.15) is 0 Å². The van der Waals surface area contributed by atoms with Gasteiger partial charge in [0.15, 0.2) is 6.23 Å². The Kier molecular flexibility index (Phi) is 6.62. The number of aliphatic hydroxyl groups is 3. The maximum Gasteiger partial charge on any atom is 0.330 e. The molecule has 0 saturated carbocycles. The molecule has 1 unspecified atom stereocenters. The van der Waals surface area contributed by atoms with E-state index in [9.17, 15) is 24.9 Å². The second-order valence-electron chi connectivity index (χ2n) is 10.5. The average Bonchev–Trinajstić information content (AvgIpc) is 2.94. The molecule has 0 radical (unpaired) electrons. The molecule has 3 rings (SSSR count). The van der Waals surface area contributed by atoms with Crippen LogP contribution in [0.4, 0.5) is 0 Å².